The van der Waals surface area contributed by atoms with Crippen molar-refractivity contribution in [3.05, 3.63) is 69.8 Å². The van der Waals surface area contributed by atoms with Crippen molar-refractivity contribution in [3.8, 4) is 11.8 Å². The molecule has 26 heavy (non-hydrogen) atoms. The number of amides is 1. The summed E-state index contributed by atoms with van der Waals surface area (Å²) in [4.78, 5) is 15.5. The number of phenolic OH excluding ortho intramolecular Hbond substituents is 1. The topological polar surface area (TPSA) is 88.9 Å². The maximum Gasteiger partial charge on any atom is 0.261 e. The molecule has 3 rings (SSSR count). The molecule has 1 heterocycles. The number of nitriles is 1. The fraction of sp³-hybridized carbons (Fsp3) is 0.100. The number of aromatic amines is 1. The highest BCUT2D eigenvalue weighted by Gasteiger charge is 2.10. The van der Waals surface area contributed by atoms with Crippen molar-refractivity contribution in [2.24, 2.45) is 0 Å². The lowest BCUT2D eigenvalue weighted by Gasteiger charge is -2.04. The van der Waals surface area contributed by atoms with Crippen molar-refractivity contribution in [2.75, 3.05) is 6.54 Å². The molecule has 0 aliphatic heterocycles. The zero-order valence-electron chi connectivity index (χ0n) is 13.8. The Morgan fingerprint density at radius 2 is 2.12 bits per heavy atom. The van der Waals surface area contributed by atoms with Crippen molar-refractivity contribution >= 4 is 38.8 Å². The summed E-state index contributed by atoms with van der Waals surface area (Å²) in [6, 6.07) is 14.7. The monoisotopic (exact) mass is 409 g/mol. The third-order valence-electron chi connectivity index (χ3n) is 4.00. The number of H-pyrrole nitrogens is 1. The average molecular weight is 410 g/mol. The van der Waals surface area contributed by atoms with E-state index in [1.807, 2.05) is 36.5 Å². The molecule has 2 aromatic carbocycles. The average Bonchev–Trinajstić information content (AvgIpc) is 3.06. The predicted octanol–water partition coefficient (Wildman–Crippen LogP) is 3.90. The number of carbonyl (C=O) groups excluding carboxylic acids is 1. The van der Waals surface area contributed by atoms with E-state index in [9.17, 15) is 15.2 Å². The van der Waals surface area contributed by atoms with E-state index in [1.165, 1.54) is 12.1 Å². The van der Waals surface area contributed by atoms with Crippen LogP contribution >= 0.6 is 15.9 Å². The van der Waals surface area contributed by atoms with Gasteiger partial charge in [-0.2, -0.15) is 5.26 Å². The first-order valence-electron chi connectivity index (χ1n) is 8.02. The van der Waals surface area contributed by atoms with E-state index in [1.54, 1.807) is 12.1 Å². The van der Waals surface area contributed by atoms with E-state index < -0.39 is 5.91 Å². The number of rotatable bonds is 5. The summed E-state index contributed by atoms with van der Waals surface area (Å²) >= 11 is 3.21. The molecule has 3 N–H and O–H groups in total. The van der Waals surface area contributed by atoms with Crippen LogP contribution in [0.2, 0.25) is 0 Å². The quantitative estimate of drug-likeness (QED) is 0.440. The number of benzene rings is 2. The zero-order valence-corrected chi connectivity index (χ0v) is 15.4. The van der Waals surface area contributed by atoms with Gasteiger partial charge >= 0.3 is 0 Å². The van der Waals surface area contributed by atoms with Crippen LogP contribution in [0, 0.1) is 11.3 Å². The molecule has 130 valence electrons. The number of aromatic nitrogens is 1. The predicted molar refractivity (Wildman–Crippen MR) is 104 cm³/mol. The van der Waals surface area contributed by atoms with Crippen molar-refractivity contribution in [1.82, 2.24) is 10.3 Å². The first kappa shape index (κ1) is 17.8. The minimum Gasteiger partial charge on any atom is -0.507 e. The Morgan fingerprint density at radius 3 is 2.88 bits per heavy atom. The van der Waals surface area contributed by atoms with Crippen LogP contribution in [0.1, 0.15) is 11.1 Å². The molecule has 0 unspecified atom stereocenters. The Balaban J connectivity index is 1.65. The molecule has 1 amide bonds. The molecule has 6 heteroatoms. The number of nitrogens with one attached hydrogen (secondary N) is 2. The van der Waals surface area contributed by atoms with E-state index in [0.29, 0.717) is 23.0 Å². The van der Waals surface area contributed by atoms with Crippen LogP contribution in [0.25, 0.3) is 17.0 Å². The van der Waals surface area contributed by atoms with Crippen LogP contribution < -0.4 is 5.32 Å². The maximum atomic E-state index is 12.3. The van der Waals surface area contributed by atoms with Crippen LogP contribution in [0.4, 0.5) is 0 Å². The molecule has 5 nitrogen and oxygen atoms in total. The van der Waals surface area contributed by atoms with Gasteiger partial charge in [-0.25, -0.2) is 0 Å². The van der Waals surface area contributed by atoms with Crippen LogP contribution in [0.3, 0.4) is 0 Å². The number of phenols is 1. The molecule has 0 saturated heterocycles. The highest BCUT2D eigenvalue weighted by atomic mass is 79.9. The summed E-state index contributed by atoms with van der Waals surface area (Å²) in [7, 11) is 0. The van der Waals surface area contributed by atoms with E-state index in [2.05, 4.69) is 26.2 Å². The molecule has 1 aromatic heterocycles. The molecule has 0 fully saturated rings. The van der Waals surface area contributed by atoms with Crippen molar-refractivity contribution in [2.45, 2.75) is 6.42 Å². The number of para-hydroxylation sites is 1. The van der Waals surface area contributed by atoms with Crippen molar-refractivity contribution in [3.63, 3.8) is 0 Å². The highest BCUT2D eigenvalue weighted by Crippen LogP contribution is 2.25. The first-order chi connectivity index (χ1) is 12.6. The Hall–Kier alpha value is -3.04. The van der Waals surface area contributed by atoms with Crippen LogP contribution in [-0.2, 0) is 11.2 Å². The van der Waals surface area contributed by atoms with Gasteiger partial charge in [0.15, 0.2) is 0 Å². The fourth-order valence-corrected chi connectivity index (χ4v) is 3.07. The number of halogens is 1. The van der Waals surface area contributed by atoms with Crippen molar-refractivity contribution < 1.29 is 9.90 Å². The molecular formula is C20H16BrN3O2. The minimum absolute atomic E-state index is 0.0153. The fourth-order valence-electron chi connectivity index (χ4n) is 2.67. The van der Waals surface area contributed by atoms with Gasteiger partial charge in [0.05, 0.1) is 4.47 Å². The summed E-state index contributed by atoms with van der Waals surface area (Å²) in [5, 5.41) is 22.7. The van der Waals surface area contributed by atoms with Gasteiger partial charge in [0.1, 0.15) is 17.4 Å². The van der Waals surface area contributed by atoms with Crippen LogP contribution in [0.5, 0.6) is 5.75 Å². The molecule has 0 spiro atoms. The highest BCUT2D eigenvalue weighted by molar-refractivity contribution is 9.10. The van der Waals surface area contributed by atoms with E-state index >= 15 is 0 Å². The van der Waals surface area contributed by atoms with E-state index in [-0.39, 0.29) is 11.3 Å². The normalized spacial score (nSPS) is 11.3. The SMILES string of the molecule is N#C/C(=C/c1ccc(O)c(Br)c1)C(=O)NCCc1c[nH]c2ccccc12. The minimum atomic E-state index is -0.420. The van der Waals surface area contributed by atoms with Crippen LogP contribution in [0.15, 0.2) is 58.7 Å². The van der Waals surface area contributed by atoms with Crippen LogP contribution in [-0.4, -0.2) is 22.5 Å². The summed E-state index contributed by atoms with van der Waals surface area (Å²) in [6.07, 6.45) is 4.09. The molecule has 0 radical (unpaired) electrons. The summed E-state index contributed by atoms with van der Waals surface area (Å²) in [6.45, 7) is 0.430. The third-order valence-corrected chi connectivity index (χ3v) is 4.64. The number of aromatic hydroxyl groups is 1. The molecule has 0 saturated carbocycles. The van der Waals surface area contributed by atoms with Gasteiger partial charge in [-0.1, -0.05) is 24.3 Å². The number of fused-ring (bicyclic) bond motifs is 1. The molecule has 0 bridgehead atoms. The van der Waals surface area contributed by atoms with Gasteiger partial charge < -0.3 is 15.4 Å². The van der Waals surface area contributed by atoms with Gasteiger partial charge in [-0.05, 0) is 57.8 Å². The summed E-state index contributed by atoms with van der Waals surface area (Å²) in [5.74, 6) is -0.319. The second kappa shape index (κ2) is 7.89. The summed E-state index contributed by atoms with van der Waals surface area (Å²) < 4.78 is 0.503. The second-order valence-corrected chi connectivity index (χ2v) is 6.60. The molecule has 0 aliphatic carbocycles. The summed E-state index contributed by atoms with van der Waals surface area (Å²) in [5.41, 5.74) is 2.84. The van der Waals surface area contributed by atoms with Gasteiger partial charge in [-0.15, -0.1) is 0 Å². The third kappa shape index (κ3) is 3.95. The Labute approximate surface area is 159 Å². The first-order valence-corrected chi connectivity index (χ1v) is 8.81. The molecule has 0 aliphatic rings. The Bertz CT molecular complexity index is 1030. The standard InChI is InChI=1S/C20H16BrN3O2/c21-17-10-13(5-6-19(17)25)9-15(11-22)20(26)23-8-7-14-12-24-18-4-2-1-3-16(14)18/h1-6,9-10,12,24-25H,7-8H2,(H,23,26)/b15-9-. The molecule has 3 aromatic rings. The van der Waals surface area contributed by atoms with Gasteiger partial charge in [0.2, 0.25) is 0 Å². The molecule has 0 atom stereocenters. The Kier molecular flexibility index (Phi) is 5.40. The van der Waals surface area contributed by atoms with Crippen molar-refractivity contribution in [1.29, 1.82) is 5.26 Å². The Morgan fingerprint density at radius 1 is 1.31 bits per heavy atom. The van der Waals surface area contributed by atoms with Gasteiger partial charge in [0, 0.05) is 23.6 Å². The number of hydrogen-bond donors (Lipinski definition) is 3. The van der Waals surface area contributed by atoms with E-state index in [4.69, 9.17) is 0 Å². The maximum absolute atomic E-state index is 12.3. The van der Waals surface area contributed by atoms with Gasteiger partial charge in [0.25, 0.3) is 5.91 Å². The lowest BCUT2D eigenvalue weighted by molar-refractivity contribution is -0.117. The number of hydrogen-bond acceptors (Lipinski definition) is 3. The lowest BCUT2D eigenvalue weighted by Crippen LogP contribution is -2.26. The van der Waals surface area contributed by atoms with Gasteiger partial charge in [-0.3, -0.25) is 4.79 Å². The number of nitrogens with zero attached hydrogens (tertiary/aromatic N) is 1. The smallest absolute Gasteiger partial charge is 0.261 e. The van der Waals surface area contributed by atoms with E-state index in [0.717, 1.165) is 16.5 Å². The second-order valence-electron chi connectivity index (χ2n) is 5.75. The largest absolute Gasteiger partial charge is 0.507 e. The zero-order chi connectivity index (χ0) is 18.5. The molecular weight excluding hydrogens is 394 g/mol. The lowest BCUT2D eigenvalue weighted by atomic mass is 10.1. The number of carbonyl (C=O) groups is 1.